The number of benzene rings is 1. The van der Waals surface area contributed by atoms with Gasteiger partial charge in [0.05, 0.1) is 5.75 Å². The molecule has 2 heterocycles. The first-order valence-electron chi connectivity index (χ1n) is 7.83. The fourth-order valence-corrected chi connectivity index (χ4v) is 4.30. The number of piperidine rings is 1. The molecule has 0 N–H and O–H groups in total. The summed E-state index contributed by atoms with van der Waals surface area (Å²) in [4.78, 5) is 26.3. The van der Waals surface area contributed by atoms with Crippen molar-refractivity contribution in [3.8, 4) is 0 Å². The molecule has 1 amide bonds. The molecule has 24 heavy (non-hydrogen) atoms. The summed E-state index contributed by atoms with van der Waals surface area (Å²) in [6.45, 7) is 0.899. The molecule has 0 aliphatic carbocycles. The lowest BCUT2D eigenvalue weighted by Gasteiger charge is -2.31. The number of amides is 1. The topological polar surface area (TPSA) is 84.7 Å². The van der Waals surface area contributed by atoms with Gasteiger partial charge in [0.25, 0.3) is 5.91 Å². The van der Waals surface area contributed by atoms with Gasteiger partial charge in [0.1, 0.15) is 21.0 Å². The highest BCUT2D eigenvalue weighted by atomic mass is 32.2. The molecule has 128 valence electrons. The summed E-state index contributed by atoms with van der Waals surface area (Å²) in [5.74, 6) is -0.142. The number of carbonyl (C=O) groups is 1. The van der Waals surface area contributed by atoms with Crippen molar-refractivity contribution < 1.29 is 17.6 Å². The van der Waals surface area contributed by atoms with E-state index in [1.807, 2.05) is 6.07 Å². The minimum absolute atomic E-state index is 0.0234. The molecule has 0 spiro atoms. The summed E-state index contributed by atoms with van der Waals surface area (Å²) in [6.07, 6.45) is 2.47. The van der Waals surface area contributed by atoms with Gasteiger partial charge in [0, 0.05) is 24.7 Å². The maximum atomic E-state index is 12.6. The zero-order chi connectivity index (χ0) is 17.3. The SMILES string of the molecule is CS(=O)(=O)CC1CCN(C(=O)c2cc3ccccc3oc2=O)CC1. The van der Waals surface area contributed by atoms with Crippen LogP contribution in [0.15, 0.2) is 39.5 Å². The molecule has 7 heteroatoms. The van der Waals surface area contributed by atoms with Gasteiger partial charge < -0.3 is 9.32 Å². The Morgan fingerprint density at radius 3 is 2.58 bits per heavy atom. The Kier molecular flexibility index (Phi) is 4.45. The summed E-state index contributed by atoms with van der Waals surface area (Å²) < 4.78 is 28.0. The van der Waals surface area contributed by atoms with Crippen LogP contribution in [-0.2, 0) is 9.84 Å². The first-order chi connectivity index (χ1) is 11.3. The molecule has 0 saturated carbocycles. The monoisotopic (exact) mass is 349 g/mol. The Morgan fingerprint density at radius 2 is 1.92 bits per heavy atom. The summed E-state index contributed by atoms with van der Waals surface area (Å²) in [5, 5.41) is 0.701. The highest BCUT2D eigenvalue weighted by Gasteiger charge is 2.27. The fourth-order valence-electron chi connectivity index (χ4n) is 3.11. The third-order valence-electron chi connectivity index (χ3n) is 4.31. The van der Waals surface area contributed by atoms with Crippen molar-refractivity contribution in [3.63, 3.8) is 0 Å². The van der Waals surface area contributed by atoms with Crippen molar-refractivity contribution in [1.29, 1.82) is 0 Å². The van der Waals surface area contributed by atoms with Crippen LogP contribution < -0.4 is 5.63 Å². The lowest BCUT2D eigenvalue weighted by Crippen LogP contribution is -2.41. The lowest BCUT2D eigenvalue weighted by molar-refractivity contribution is 0.0694. The van der Waals surface area contributed by atoms with Gasteiger partial charge in [-0.2, -0.15) is 0 Å². The van der Waals surface area contributed by atoms with Gasteiger partial charge in [-0.05, 0) is 30.9 Å². The standard InChI is InChI=1S/C17H19NO5S/c1-24(21,22)11-12-6-8-18(9-7-12)16(19)14-10-13-4-2-3-5-15(13)23-17(14)20/h2-5,10,12H,6-9,11H2,1H3. The van der Waals surface area contributed by atoms with Gasteiger partial charge in [-0.15, -0.1) is 0 Å². The average Bonchev–Trinajstić information content (AvgIpc) is 2.53. The van der Waals surface area contributed by atoms with Gasteiger partial charge >= 0.3 is 5.63 Å². The number of likely N-dealkylation sites (tertiary alicyclic amines) is 1. The summed E-state index contributed by atoms with van der Waals surface area (Å²) in [5.41, 5.74) is -0.168. The van der Waals surface area contributed by atoms with Crippen LogP contribution in [0.1, 0.15) is 23.2 Å². The number of hydrogen-bond donors (Lipinski definition) is 0. The number of carbonyl (C=O) groups excluding carboxylic acids is 1. The van der Waals surface area contributed by atoms with E-state index in [4.69, 9.17) is 4.42 Å². The molecule has 1 aromatic carbocycles. The van der Waals surface area contributed by atoms with Crippen LogP contribution in [-0.4, -0.2) is 44.3 Å². The van der Waals surface area contributed by atoms with E-state index in [0.29, 0.717) is 36.9 Å². The quantitative estimate of drug-likeness (QED) is 0.787. The molecule has 3 rings (SSSR count). The Bertz CT molecular complexity index is 923. The van der Waals surface area contributed by atoms with Crippen molar-refractivity contribution in [2.45, 2.75) is 12.8 Å². The van der Waals surface area contributed by atoms with Gasteiger partial charge in [-0.1, -0.05) is 18.2 Å². The van der Waals surface area contributed by atoms with Crippen molar-refractivity contribution >= 4 is 26.7 Å². The molecular formula is C17H19NO5S. The maximum absolute atomic E-state index is 12.6. The highest BCUT2D eigenvalue weighted by molar-refractivity contribution is 7.90. The second kappa shape index (κ2) is 6.39. The Labute approximate surface area is 140 Å². The number of sulfone groups is 1. The molecule has 2 aromatic rings. The molecule has 1 aliphatic heterocycles. The van der Waals surface area contributed by atoms with E-state index in [1.165, 1.54) is 6.26 Å². The van der Waals surface area contributed by atoms with Gasteiger partial charge in [-0.3, -0.25) is 4.79 Å². The van der Waals surface area contributed by atoms with Crippen LogP contribution in [0.3, 0.4) is 0 Å². The van der Waals surface area contributed by atoms with Crippen LogP contribution in [0.25, 0.3) is 11.0 Å². The fraction of sp³-hybridized carbons (Fsp3) is 0.412. The molecule has 0 unspecified atom stereocenters. The Balaban J connectivity index is 1.76. The second-order valence-electron chi connectivity index (χ2n) is 6.31. The first kappa shape index (κ1) is 16.7. The zero-order valence-corrected chi connectivity index (χ0v) is 14.2. The summed E-state index contributed by atoms with van der Waals surface area (Å²) in [7, 11) is -3.01. The number of nitrogens with zero attached hydrogens (tertiary/aromatic N) is 1. The van der Waals surface area contributed by atoms with Gasteiger partial charge in [0.2, 0.25) is 0 Å². The lowest BCUT2D eigenvalue weighted by atomic mass is 9.98. The molecule has 1 aliphatic rings. The van der Waals surface area contributed by atoms with Crippen LogP contribution in [0.2, 0.25) is 0 Å². The van der Waals surface area contributed by atoms with E-state index in [-0.39, 0.29) is 23.1 Å². The minimum Gasteiger partial charge on any atom is -0.422 e. The van der Waals surface area contributed by atoms with Crippen LogP contribution >= 0.6 is 0 Å². The number of para-hydroxylation sites is 1. The minimum atomic E-state index is -3.01. The van der Waals surface area contributed by atoms with Gasteiger partial charge in [-0.25, -0.2) is 13.2 Å². The molecule has 0 atom stereocenters. The molecule has 1 saturated heterocycles. The molecule has 0 radical (unpaired) electrons. The predicted octanol–water partition coefficient (Wildman–Crippen LogP) is 1.69. The average molecular weight is 349 g/mol. The van der Waals surface area contributed by atoms with Crippen LogP contribution in [0, 0.1) is 5.92 Å². The van der Waals surface area contributed by atoms with E-state index in [9.17, 15) is 18.0 Å². The second-order valence-corrected chi connectivity index (χ2v) is 8.50. The van der Waals surface area contributed by atoms with E-state index >= 15 is 0 Å². The van der Waals surface area contributed by atoms with Crippen molar-refractivity contribution in [2.24, 2.45) is 5.92 Å². The predicted molar refractivity (Wildman–Crippen MR) is 90.8 cm³/mol. The number of hydrogen-bond acceptors (Lipinski definition) is 5. The van der Waals surface area contributed by atoms with Crippen molar-refractivity contribution in [1.82, 2.24) is 4.90 Å². The van der Waals surface area contributed by atoms with Crippen LogP contribution in [0.4, 0.5) is 0 Å². The normalized spacial score (nSPS) is 16.5. The first-order valence-corrected chi connectivity index (χ1v) is 9.89. The third-order valence-corrected chi connectivity index (χ3v) is 5.39. The molecule has 1 aromatic heterocycles. The maximum Gasteiger partial charge on any atom is 0.349 e. The third kappa shape index (κ3) is 3.67. The smallest absolute Gasteiger partial charge is 0.349 e. The largest absolute Gasteiger partial charge is 0.422 e. The Morgan fingerprint density at radius 1 is 1.25 bits per heavy atom. The molecular weight excluding hydrogens is 330 g/mol. The van der Waals surface area contributed by atoms with Crippen molar-refractivity contribution in [2.75, 3.05) is 25.1 Å². The number of rotatable bonds is 3. The van der Waals surface area contributed by atoms with E-state index in [0.717, 1.165) is 0 Å². The van der Waals surface area contributed by atoms with Gasteiger partial charge in [0.15, 0.2) is 0 Å². The molecule has 0 bridgehead atoms. The van der Waals surface area contributed by atoms with E-state index < -0.39 is 15.5 Å². The Hall–Kier alpha value is -2.15. The number of fused-ring (bicyclic) bond motifs is 1. The summed E-state index contributed by atoms with van der Waals surface area (Å²) >= 11 is 0. The summed E-state index contributed by atoms with van der Waals surface area (Å²) in [6, 6.07) is 8.60. The highest BCUT2D eigenvalue weighted by Crippen LogP contribution is 2.21. The van der Waals surface area contributed by atoms with E-state index in [1.54, 1.807) is 29.2 Å². The van der Waals surface area contributed by atoms with Crippen LogP contribution in [0.5, 0.6) is 0 Å². The molecule has 1 fully saturated rings. The van der Waals surface area contributed by atoms with Crippen molar-refractivity contribution in [3.05, 3.63) is 46.3 Å². The zero-order valence-electron chi connectivity index (χ0n) is 13.4. The molecule has 6 nitrogen and oxygen atoms in total. The van der Waals surface area contributed by atoms with E-state index in [2.05, 4.69) is 0 Å².